The molecule has 136 valence electrons. The number of aromatic nitrogens is 1. The van der Waals surface area contributed by atoms with Crippen LogP contribution in [-0.2, 0) is 6.54 Å². The smallest absolute Gasteiger partial charge is 0.0595 e. The second kappa shape index (κ2) is 7.30. The molecule has 0 aliphatic rings. The number of fused-ring (bicyclic) bond motifs is 1. The SMILES string of the molecule is CN(C)c1ccc(-c2ccc3c(ccn3Cc3ccc(Cl)c(Cl)c3)c2)cc1. The molecule has 0 amide bonds. The van der Waals surface area contributed by atoms with E-state index in [1.54, 1.807) is 0 Å². The number of nitrogens with zero attached hydrogens (tertiary/aromatic N) is 2. The lowest BCUT2D eigenvalue weighted by Crippen LogP contribution is -2.07. The molecule has 0 unspecified atom stereocenters. The fourth-order valence-corrected chi connectivity index (χ4v) is 3.62. The van der Waals surface area contributed by atoms with Crippen LogP contribution >= 0.6 is 23.2 Å². The van der Waals surface area contributed by atoms with Crippen LogP contribution in [0.4, 0.5) is 5.69 Å². The first-order valence-corrected chi connectivity index (χ1v) is 9.57. The van der Waals surface area contributed by atoms with Crippen molar-refractivity contribution in [3.63, 3.8) is 0 Å². The first kappa shape index (κ1) is 18.0. The highest BCUT2D eigenvalue weighted by molar-refractivity contribution is 6.42. The van der Waals surface area contributed by atoms with Gasteiger partial charge in [-0.25, -0.2) is 0 Å². The zero-order chi connectivity index (χ0) is 19.0. The molecule has 0 fully saturated rings. The van der Waals surface area contributed by atoms with Gasteiger partial charge in [-0.15, -0.1) is 0 Å². The number of halogens is 2. The van der Waals surface area contributed by atoms with E-state index in [4.69, 9.17) is 23.2 Å². The van der Waals surface area contributed by atoms with E-state index in [1.165, 1.54) is 27.7 Å². The van der Waals surface area contributed by atoms with Crippen molar-refractivity contribution >= 4 is 39.8 Å². The quantitative estimate of drug-likeness (QED) is 0.372. The Bertz CT molecular complexity index is 1100. The lowest BCUT2D eigenvalue weighted by molar-refractivity contribution is 0.837. The summed E-state index contributed by atoms with van der Waals surface area (Å²) in [6, 6.07) is 23.2. The van der Waals surface area contributed by atoms with Crippen molar-refractivity contribution in [3.8, 4) is 11.1 Å². The summed E-state index contributed by atoms with van der Waals surface area (Å²) in [5.74, 6) is 0. The molecular weight excluding hydrogens is 375 g/mol. The lowest BCUT2D eigenvalue weighted by atomic mass is 10.0. The van der Waals surface area contributed by atoms with Gasteiger partial charge in [-0.05, 0) is 59.2 Å². The minimum Gasteiger partial charge on any atom is -0.378 e. The number of anilines is 1. The summed E-state index contributed by atoms with van der Waals surface area (Å²) in [5.41, 5.74) is 5.98. The van der Waals surface area contributed by atoms with Crippen LogP contribution in [0.5, 0.6) is 0 Å². The van der Waals surface area contributed by atoms with Gasteiger partial charge in [-0.2, -0.15) is 0 Å². The number of hydrogen-bond donors (Lipinski definition) is 0. The van der Waals surface area contributed by atoms with Crippen molar-refractivity contribution in [3.05, 3.63) is 88.5 Å². The molecule has 1 aromatic heterocycles. The van der Waals surface area contributed by atoms with Gasteiger partial charge < -0.3 is 9.47 Å². The molecule has 1 heterocycles. The minimum absolute atomic E-state index is 0.586. The van der Waals surface area contributed by atoms with Crippen LogP contribution in [-0.4, -0.2) is 18.7 Å². The standard InChI is InChI=1S/C23H20Cl2N2/c1-26(2)20-7-4-17(5-8-20)18-6-10-23-19(14-18)11-12-27(23)15-16-3-9-21(24)22(25)13-16/h3-14H,15H2,1-2H3. The Morgan fingerprint density at radius 2 is 1.52 bits per heavy atom. The van der Waals surface area contributed by atoms with Crippen LogP contribution < -0.4 is 4.90 Å². The van der Waals surface area contributed by atoms with Crippen molar-refractivity contribution in [2.45, 2.75) is 6.54 Å². The van der Waals surface area contributed by atoms with Crippen LogP contribution in [0, 0.1) is 0 Å². The Kier molecular flexibility index (Phi) is 4.86. The molecule has 0 spiro atoms. The molecule has 0 radical (unpaired) electrons. The molecule has 27 heavy (non-hydrogen) atoms. The molecule has 4 aromatic rings. The maximum Gasteiger partial charge on any atom is 0.0595 e. The van der Waals surface area contributed by atoms with Crippen molar-refractivity contribution in [1.29, 1.82) is 0 Å². The number of benzene rings is 3. The molecule has 0 N–H and O–H groups in total. The fourth-order valence-electron chi connectivity index (χ4n) is 3.30. The van der Waals surface area contributed by atoms with Gasteiger partial charge in [0.25, 0.3) is 0 Å². The monoisotopic (exact) mass is 394 g/mol. The van der Waals surface area contributed by atoms with E-state index in [1.807, 2.05) is 18.2 Å². The van der Waals surface area contributed by atoms with Crippen LogP contribution in [0.25, 0.3) is 22.0 Å². The molecule has 0 atom stereocenters. The topological polar surface area (TPSA) is 8.17 Å². The largest absolute Gasteiger partial charge is 0.378 e. The summed E-state index contributed by atoms with van der Waals surface area (Å²) in [6.07, 6.45) is 2.12. The molecule has 4 heteroatoms. The first-order valence-electron chi connectivity index (χ1n) is 8.82. The van der Waals surface area contributed by atoms with Gasteiger partial charge in [-0.3, -0.25) is 0 Å². The summed E-state index contributed by atoms with van der Waals surface area (Å²) in [6.45, 7) is 0.761. The molecule has 0 aliphatic carbocycles. The van der Waals surface area contributed by atoms with E-state index < -0.39 is 0 Å². The molecule has 4 rings (SSSR count). The van der Waals surface area contributed by atoms with Gasteiger partial charge in [0.05, 0.1) is 10.0 Å². The predicted molar refractivity (Wildman–Crippen MR) is 117 cm³/mol. The van der Waals surface area contributed by atoms with E-state index in [0.717, 1.165) is 12.1 Å². The normalized spacial score (nSPS) is 11.1. The van der Waals surface area contributed by atoms with Crippen molar-refractivity contribution in [2.75, 3.05) is 19.0 Å². The zero-order valence-corrected chi connectivity index (χ0v) is 16.8. The molecule has 3 aromatic carbocycles. The van der Waals surface area contributed by atoms with E-state index in [2.05, 4.69) is 78.3 Å². The maximum absolute atomic E-state index is 6.15. The van der Waals surface area contributed by atoms with E-state index in [-0.39, 0.29) is 0 Å². The fraction of sp³-hybridized carbons (Fsp3) is 0.130. The second-order valence-corrected chi connectivity index (χ2v) is 7.72. The Hall–Kier alpha value is -2.42. The summed E-state index contributed by atoms with van der Waals surface area (Å²) in [5, 5.41) is 2.40. The van der Waals surface area contributed by atoms with Crippen LogP contribution in [0.3, 0.4) is 0 Å². The third kappa shape index (κ3) is 3.69. The van der Waals surface area contributed by atoms with Crippen molar-refractivity contribution in [2.24, 2.45) is 0 Å². The van der Waals surface area contributed by atoms with Gasteiger partial charge >= 0.3 is 0 Å². The highest BCUT2D eigenvalue weighted by Crippen LogP contribution is 2.28. The summed E-state index contributed by atoms with van der Waals surface area (Å²) in [7, 11) is 4.11. The van der Waals surface area contributed by atoms with Gasteiger partial charge in [0.1, 0.15) is 0 Å². The summed E-state index contributed by atoms with van der Waals surface area (Å²) < 4.78 is 2.23. The Morgan fingerprint density at radius 3 is 2.22 bits per heavy atom. The van der Waals surface area contributed by atoms with Gasteiger partial charge in [0.15, 0.2) is 0 Å². The highest BCUT2D eigenvalue weighted by atomic mass is 35.5. The van der Waals surface area contributed by atoms with E-state index in [9.17, 15) is 0 Å². The van der Waals surface area contributed by atoms with Crippen molar-refractivity contribution in [1.82, 2.24) is 4.57 Å². The molecule has 0 bridgehead atoms. The van der Waals surface area contributed by atoms with E-state index >= 15 is 0 Å². The van der Waals surface area contributed by atoms with Gasteiger partial charge in [0, 0.05) is 43.4 Å². The number of hydrogen-bond acceptors (Lipinski definition) is 1. The third-order valence-electron chi connectivity index (χ3n) is 4.82. The predicted octanol–water partition coefficient (Wildman–Crippen LogP) is 6.73. The maximum atomic E-state index is 6.15. The third-order valence-corrected chi connectivity index (χ3v) is 5.56. The first-order chi connectivity index (χ1) is 13.0. The van der Waals surface area contributed by atoms with E-state index in [0.29, 0.717) is 10.0 Å². The molecule has 2 nitrogen and oxygen atoms in total. The second-order valence-electron chi connectivity index (χ2n) is 6.91. The number of rotatable bonds is 4. The molecule has 0 saturated heterocycles. The Morgan fingerprint density at radius 1 is 0.778 bits per heavy atom. The van der Waals surface area contributed by atoms with Crippen LogP contribution in [0.15, 0.2) is 72.9 Å². The van der Waals surface area contributed by atoms with Crippen LogP contribution in [0.2, 0.25) is 10.0 Å². The Balaban J connectivity index is 1.63. The minimum atomic E-state index is 0.586. The van der Waals surface area contributed by atoms with Crippen molar-refractivity contribution < 1.29 is 0 Å². The average Bonchev–Trinajstić information content (AvgIpc) is 3.07. The molecule has 0 aliphatic heterocycles. The Labute approximate surface area is 169 Å². The van der Waals surface area contributed by atoms with Gasteiger partial charge in [0.2, 0.25) is 0 Å². The summed E-state index contributed by atoms with van der Waals surface area (Å²) in [4.78, 5) is 2.11. The molecular formula is C23H20Cl2N2. The van der Waals surface area contributed by atoms with Crippen LogP contribution in [0.1, 0.15) is 5.56 Å². The average molecular weight is 395 g/mol. The van der Waals surface area contributed by atoms with Gasteiger partial charge in [-0.1, -0.05) is 47.5 Å². The summed E-state index contributed by atoms with van der Waals surface area (Å²) >= 11 is 12.2. The highest BCUT2D eigenvalue weighted by Gasteiger charge is 2.06. The molecule has 0 saturated carbocycles. The zero-order valence-electron chi connectivity index (χ0n) is 15.3. The lowest BCUT2D eigenvalue weighted by Gasteiger charge is -2.13.